The third-order valence-electron chi connectivity index (χ3n) is 2.42. The average molecular weight is 260 g/mol. The van der Waals surface area contributed by atoms with Crippen LogP contribution in [0.5, 0.6) is 0 Å². The molecule has 0 spiro atoms. The van der Waals surface area contributed by atoms with Crippen LogP contribution in [0.2, 0.25) is 0 Å². The number of anilines is 1. The molecule has 0 bridgehead atoms. The lowest BCUT2D eigenvalue weighted by atomic mass is 10.3. The summed E-state index contributed by atoms with van der Waals surface area (Å²) in [5, 5.41) is 9.95. The number of thiazole rings is 1. The molecule has 1 aromatic heterocycles. The van der Waals surface area contributed by atoms with Gasteiger partial charge in [0.2, 0.25) is 0 Å². The second-order valence-corrected chi connectivity index (χ2v) is 4.85. The Balaban J connectivity index is 2.73. The highest BCUT2D eigenvalue weighted by atomic mass is 32.1. The summed E-state index contributed by atoms with van der Waals surface area (Å²) in [6, 6.07) is 0.229. The highest BCUT2D eigenvalue weighted by Crippen LogP contribution is 2.24. The zero-order valence-corrected chi connectivity index (χ0v) is 11.4. The number of aromatic nitrogens is 1. The van der Waals surface area contributed by atoms with Gasteiger partial charge in [0.15, 0.2) is 5.13 Å². The number of methoxy groups -OCH3 is 2. The van der Waals surface area contributed by atoms with Crippen LogP contribution in [0.1, 0.15) is 11.8 Å². The van der Waals surface area contributed by atoms with Gasteiger partial charge in [-0.2, -0.15) is 0 Å². The van der Waals surface area contributed by atoms with Gasteiger partial charge in [-0.3, -0.25) is 0 Å². The minimum Gasteiger partial charge on any atom is -0.391 e. The molecule has 0 fully saturated rings. The van der Waals surface area contributed by atoms with Crippen molar-refractivity contribution in [1.82, 2.24) is 4.98 Å². The molecule has 17 heavy (non-hydrogen) atoms. The fraction of sp³-hybridized carbons (Fsp3) is 0.727. The predicted molar refractivity (Wildman–Crippen MR) is 68.6 cm³/mol. The van der Waals surface area contributed by atoms with Crippen LogP contribution < -0.4 is 4.90 Å². The van der Waals surface area contributed by atoms with E-state index in [1.807, 2.05) is 0 Å². The first-order chi connectivity index (χ1) is 8.22. The fourth-order valence-electron chi connectivity index (χ4n) is 1.53. The van der Waals surface area contributed by atoms with Gasteiger partial charge in [-0.25, -0.2) is 4.98 Å². The van der Waals surface area contributed by atoms with Gasteiger partial charge in [0.1, 0.15) is 0 Å². The van der Waals surface area contributed by atoms with Crippen LogP contribution in [-0.2, 0) is 16.1 Å². The summed E-state index contributed by atoms with van der Waals surface area (Å²) < 4.78 is 10.3. The Morgan fingerprint density at radius 3 is 2.76 bits per heavy atom. The molecule has 0 aromatic carbocycles. The van der Waals surface area contributed by atoms with Gasteiger partial charge < -0.3 is 19.5 Å². The van der Waals surface area contributed by atoms with Crippen molar-refractivity contribution in [2.75, 3.05) is 38.9 Å². The SMILES string of the molecule is COCCN(c1ncc(CO)s1)C(C)COC. The van der Waals surface area contributed by atoms with Gasteiger partial charge in [0.25, 0.3) is 0 Å². The molecule has 0 aliphatic heterocycles. The summed E-state index contributed by atoms with van der Waals surface area (Å²) >= 11 is 1.50. The standard InChI is InChI=1S/C11H20N2O3S/c1-9(8-16-3)13(4-5-15-2)11-12-6-10(7-14)17-11/h6,9,14H,4-5,7-8H2,1-3H3. The maximum absolute atomic E-state index is 9.05. The Morgan fingerprint density at radius 1 is 1.47 bits per heavy atom. The van der Waals surface area contributed by atoms with Crippen molar-refractivity contribution in [1.29, 1.82) is 0 Å². The van der Waals surface area contributed by atoms with Crippen molar-refractivity contribution < 1.29 is 14.6 Å². The first kappa shape index (κ1) is 14.4. The minimum atomic E-state index is 0.0362. The van der Waals surface area contributed by atoms with Crippen LogP contribution in [0.4, 0.5) is 5.13 Å². The van der Waals surface area contributed by atoms with Gasteiger partial charge in [-0.05, 0) is 6.92 Å². The van der Waals surface area contributed by atoms with Crippen molar-refractivity contribution in [2.45, 2.75) is 19.6 Å². The lowest BCUT2D eigenvalue weighted by molar-refractivity contribution is 0.171. The lowest BCUT2D eigenvalue weighted by Crippen LogP contribution is -2.38. The zero-order valence-electron chi connectivity index (χ0n) is 10.5. The number of hydrogen-bond donors (Lipinski definition) is 1. The largest absolute Gasteiger partial charge is 0.391 e. The molecule has 0 radical (unpaired) electrons. The molecule has 5 nitrogen and oxygen atoms in total. The molecule has 0 aliphatic rings. The second-order valence-electron chi connectivity index (χ2n) is 3.76. The van der Waals surface area contributed by atoms with Crippen molar-refractivity contribution in [3.8, 4) is 0 Å². The maximum atomic E-state index is 9.05. The molecule has 0 amide bonds. The number of ether oxygens (including phenoxy) is 2. The topological polar surface area (TPSA) is 54.8 Å². The third-order valence-corrected chi connectivity index (χ3v) is 3.44. The fourth-order valence-corrected chi connectivity index (χ4v) is 2.43. The van der Waals surface area contributed by atoms with E-state index in [4.69, 9.17) is 14.6 Å². The summed E-state index contributed by atoms with van der Waals surface area (Å²) in [6.45, 7) is 4.16. The molecule has 1 atom stereocenters. The summed E-state index contributed by atoms with van der Waals surface area (Å²) in [7, 11) is 3.37. The lowest BCUT2D eigenvalue weighted by Gasteiger charge is -2.28. The van der Waals surface area contributed by atoms with Crippen molar-refractivity contribution >= 4 is 16.5 Å². The highest BCUT2D eigenvalue weighted by molar-refractivity contribution is 7.15. The number of aliphatic hydroxyl groups is 1. The molecule has 1 aromatic rings. The molecule has 1 rings (SSSR count). The van der Waals surface area contributed by atoms with Crippen molar-refractivity contribution in [2.24, 2.45) is 0 Å². The summed E-state index contributed by atoms with van der Waals surface area (Å²) in [5.74, 6) is 0. The van der Waals surface area contributed by atoms with Crippen LogP contribution in [0, 0.1) is 0 Å². The van der Waals surface area contributed by atoms with Gasteiger partial charge in [0, 0.05) is 27.0 Å². The average Bonchev–Trinajstić information content (AvgIpc) is 2.78. The molecule has 0 aliphatic carbocycles. The molecule has 0 saturated carbocycles. The van der Waals surface area contributed by atoms with Crippen LogP contribution in [0.15, 0.2) is 6.20 Å². The Labute approximate surface area is 106 Å². The number of nitrogens with zero attached hydrogens (tertiary/aromatic N) is 2. The number of aliphatic hydroxyl groups excluding tert-OH is 1. The van der Waals surface area contributed by atoms with Crippen LogP contribution in [-0.4, -0.2) is 50.1 Å². The second kappa shape index (κ2) is 7.60. The molecule has 1 N–H and O–H groups in total. The van der Waals surface area contributed by atoms with E-state index in [0.717, 1.165) is 16.6 Å². The van der Waals surface area contributed by atoms with E-state index in [1.54, 1.807) is 20.4 Å². The monoisotopic (exact) mass is 260 g/mol. The van der Waals surface area contributed by atoms with Crippen molar-refractivity contribution in [3.63, 3.8) is 0 Å². The van der Waals surface area contributed by atoms with Gasteiger partial charge in [-0.1, -0.05) is 11.3 Å². The molecule has 98 valence electrons. The number of rotatable bonds is 8. The molecule has 0 saturated heterocycles. The van der Waals surface area contributed by atoms with Crippen LogP contribution >= 0.6 is 11.3 Å². The van der Waals surface area contributed by atoms with E-state index >= 15 is 0 Å². The minimum absolute atomic E-state index is 0.0362. The van der Waals surface area contributed by atoms with E-state index in [9.17, 15) is 0 Å². The molecule has 1 heterocycles. The van der Waals surface area contributed by atoms with E-state index in [1.165, 1.54) is 11.3 Å². The Hall–Kier alpha value is -0.690. The van der Waals surface area contributed by atoms with Gasteiger partial charge in [-0.15, -0.1) is 0 Å². The maximum Gasteiger partial charge on any atom is 0.185 e. The van der Waals surface area contributed by atoms with Crippen LogP contribution in [0.3, 0.4) is 0 Å². The van der Waals surface area contributed by atoms with Crippen LogP contribution in [0.25, 0.3) is 0 Å². The van der Waals surface area contributed by atoms with Gasteiger partial charge in [0.05, 0.1) is 30.7 Å². The number of hydrogen-bond acceptors (Lipinski definition) is 6. The molecular formula is C11H20N2O3S. The predicted octanol–water partition coefficient (Wildman–Crippen LogP) is 1.12. The third kappa shape index (κ3) is 4.23. The highest BCUT2D eigenvalue weighted by Gasteiger charge is 2.17. The smallest absolute Gasteiger partial charge is 0.185 e. The molecular weight excluding hydrogens is 240 g/mol. The quantitative estimate of drug-likeness (QED) is 0.759. The Bertz CT molecular complexity index is 319. The Kier molecular flexibility index (Phi) is 6.43. The molecule has 1 unspecified atom stereocenters. The van der Waals surface area contributed by atoms with E-state index in [2.05, 4.69) is 16.8 Å². The Morgan fingerprint density at radius 2 is 2.24 bits per heavy atom. The first-order valence-corrected chi connectivity index (χ1v) is 6.34. The molecule has 6 heteroatoms. The first-order valence-electron chi connectivity index (χ1n) is 5.53. The summed E-state index contributed by atoms with van der Waals surface area (Å²) in [4.78, 5) is 7.32. The summed E-state index contributed by atoms with van der Waals surface area (Å²) in [5.41, 5.74) is 0. The zero-order chi connectivity index (χ0) is 12.7. The van der Waals surface area contributed by atoms with E-state index in [0.29, 0.717) is 13.2 Å². The summed E-state index contributed by atoms with van der Waals surface area (Å²) in [6.07, 6.45) is 1.71. The van der Waals surface area contributed by atoms with E-state index < -0.39 is 0 Å². The normalized spacial score (nSPS) is 12.7. The van der Waals surface area contributed by atoms with Gasteiger partial charge >= 0.3 is 0 Å². The van der Waals surface area contributed by atoms with Crippen molar-refractivity contribution in [3.05, 3.63) is 11.1 Å². The van der Waals surface area contributed by atoms with E-state index in [-0.39, 0.29) is 12.6 Å².